The molecule has 1 aliphatic heterocycles. The van der Waals surface area contributed by atoms with Gasteiger partial charge in [-0.1, -0.05) is 103 Å². The van der Waals surface area contributed by atoms with E-state index in [-0.39, 0.29) is 5.41 Å². The molecule has 1 saturated heterocycles. The molecule has 0 saturated carbocycles. The van der Waals surface area contributed by atoms with Gasteiger partial charge < -0.3 is 4.90 Å². The SMILES string of the molecule is C=C(c1ccc(C(C)(C)C)cc1)N1CCC2(CC1)Cc1ccccc1C(C)(CCC(C)C)C2. The normalized spacial score (nSPS) is 22.5. The van der Waals surface area contributed by atoms with Gasteiger partial charge in [-0.05, 0) is 76.5 Å². The lowest BCUT2D eigenvalue weighted by Gasteiger charge is -2.52. The summed E-state index contributed by atoms with van der Waals surface area (Å²) in [6.45, 7) is 20.9. The Hall–Kier alpha value is -2.02. The number of likely N-dealkylation sites (tertiary alicyclic amines) is 1. The molecule has 2 aliphatic rings. The maximum absolute atomic E-state index is 4.51. The van der Waals surface area contributed by atoms with Crippen LogP contribution in [0.15, 0.2) is 55.1 Å². The minimum atomic E-state index is 0.191. The van der Waals surface area contributed by atoms with Crippen molar-refractivity contribution in [3.8, 4) is 0 Å². The van der Waals surface area contributed by atoms with Gasteiger partial charge in [-0.25, -0.2) is 0 Å². The average Bonchev–Trinajstić information content (AvgIpc) is 2.77. The van der Waals surface area contributed by atoms with E-state index in [0.717, 1.165) is 19.0 Å². The zero-order chi connectivity index (χ0) is 23.9. The molecule has 1 fully saturated rings. The van der Waals surface area contributed by atoms with E-state index < -0.39 is 0 Å². The van der Waals surface area contributed by atoms with E-state index in [2.05, 4.69) is 102 Å². The van der Waals surface area contributed by atoms with Crippen LogP contribution < -0.4 is 0 Å². The summed E-state index contributed by atoms with van der Waals surface area (Å²) < 4.78 is 0. The Labute approximate surface area is 203 Å². The number of rotatable bonds is 5. The number of nitrogens with zero attached hydrogens (tertiary/aromatic N) is 1. The number of hydrogen-bond donors (Lipinski definition) is 0. The van der Waals surface area contributed by atoms with Crippen molar-refractivity contribution < 1.29 is 0 Å². The van der Waals surface area contributed by atoms with Crippen molar-refractivity contribution in [1.82, 2.24) is 4.90 Å². The molecule has 4 rings (SSSR count). The van der Waals surface area contributed by atoms with Crippen LogP contribution >= 0.6 is 0 Å². The molecule has 1 atom stereocenters. The van der Waals surface area contributed by atoms with Gasteiger partial charge in [0.15, 0.2) is 0 Å². The first-order chi connectivity index (χ1) is 15.5. The fourth-order valence-electron chi connectivity index (χ4n) is 6.43. The summed E-state index contributed by atoms with van der Waals surface area (Å²) in [5.74, 6) is 0.765. The van der Waals surface area contributed by atoms with E-state index in [1.165, 1.54) is 55.3 Å². The van der Waals surface area contributed by atoms with Gasteiger partial charge in [-0.3, -0.25) is 0 Å². The van der Waals surface area contributed by atoms with Crippen molar-refractivity contribution in [2.45, 2.75) is 90.9 Å². The first-order valence-electron chi connectivity index (χ1n) is 13.1. The molecule has 1 heterocycles. The number of benzene rings is 2. The van der Waals surface area contributed by atoms with Crippen LogP contribution in [0.25, 0.3) is 5.70 Å². The molecule has 2 aromatic rings. The minimum absolute atomic E-state index is 0.191. The Morgan fingerprint density at radius 3 is 2.24 bits per heavy atom. The summed E-state index contributed by atoms with van der Waals surface area (Å²) in [5.41, 5.74) is 8.03. The molecule has 2 aromatic carbocycles. The predicted octanol–water partition coefficient (Wildman–Crippen LogP) is 8.38. The van der Waals surface area contributed by atoms with E-state index in [4.69, 9.17) is 0 Å². The Kier molecular flexibility index (Phi) is 6.56. The van der Waals surface area contributed by atoms with Gasteiger partial charge in [0, 0.05) is 18.8 Å². The molecular formula is C32H45N. The molecule has 0 N–H and O–H groups in total. The van der Waals surface area contributed by atoms with Crippen LogP contribution in [0.4, 0.5) is 0 Å². The lowest BCUT2D eigenvalue weighted by Crippen LogP contribution is -2.47. The summed E-state index contributed by atoms with van der Waals surface area (Å²) in [6, 6.07) is 18.4. The van der Waals surface area contributed by atoms with Gasteiger partial charge in [-0.2, -0.15) is 0 Å². The second-order valence-corrected chi connectivity index (χ2v) is 12.8. The molecule has 1 spiro atoms. The largest absolute Gasteiger partial charge is 0.371 e. The Bertz CT molecular complexity index is 966. The number of fused-ring (bicyclic) bond motifs is 1. The quantitative estimate of drug-likeness (QED) is 0.448. The summed E-state index contributed by atoms with van der Waals surface area (Å²) in [6.07, 6.45) is 7.76. The zero-order valence-corrected chi connectivity index (χ0v) is 22.0. The Balaban J connectivity index is 1.48. The van der Waals surface area contributed by atoms with Crippen LogP contribution in [0.3, 0.4) is 0 Å². The number of hydrogen-bond acceptors (Lipinski definition) is 1. The van der Waals surface area contributed by atoms with E-state index in [1.807, 2.05) is 0 Å². The highest BCUT2D eigenvalue weighted by Gasteiger charge is 2.46. The molecule has 0 bridgehead atoms. The Morgan fingerprint density at radius 1 is 1.00 bits per heavy atom. The third kappa shape index (κ3) is 5.08. The second-order valence-electron chi connectivity index (χ2n) is 12.8. The number of piperidine rings is 1. The fourth-order valence-corrected chi connectivity index (χ4v) is 6.43. The van der Waals surface area contributed by atoms with Crippen molar-refractivity contribution in [3.05, 3.63) is 77.4 Å². The van der Waals surface area contributed by atoms with Crippen molar-refractivity contribution in [2.24, 2.45) is 11.3 Å². The molecule has 1 nitrogen and oxygen atoms in total. The summed E-state index contributed by atoms with van der Waals surface area (Å²) in [4.78, 5) is 2.54. The molecular weight excluding hydrogens is 398 g/mol. The van der Waals surface area contributed by atoms with Crippen molar-refractivity contribution in [2.75, 3.05) is 13.1 Å². The van der Waals surface area contributed by atoms with Crippen LogP contribution in [0.5, 0.6) is 0 Å². The maximum atomic E-state index is 4.51. The Morgan fingerprint density at radius 2 is 1.64 bits per heavy atom. The third-order valence-electron chi connectivity index (χ3n) is 8.56. The van der Waals surface area contributed by atoms with E-state index in [0.29, 0.717) is 10.8 Å². The van der Waals surface area contributed by atoms with Gasteiger partial charge in [0.05, 0.1) is 0 Å². The first kappa shape index (κ1) is 24.1. The van der Waals surface area contributed by atoms with Crippen molar-refractivity contribution in [3.63, 3.8) is 0 Å². The monoisotopic (exact) mass is 443 g/mol. The molecule has 0 amide bonds. The van der Waals surface area contributed by atoms with E-state index >= 15 is 0 Å². The standard InChI is InChI=1S/C32H45N/c1-24(2)16-17-31(7)23-32(22-27-10-8-9-11-29(27)31)18-20-33(21-19-32)25(3)26-12-14-28(15-13-26)30(4,5)6/h8-15,24H,3,16-23H2,1-2,4-7H3. The zero-order valence-electron chi connectivity index (χ0n) is 22.0. The lowest BCUT2D eigenvalue weighted by molar-refractivity contribution is 0.0825. The highest BCUT2D eigenvalue weighted by Crippen LogP contribution is 2.53. The molecule has 33 heavy (non-hydrogen) atoms. The topological polar surface area (TPSA) is 3.24 Å². The third-order valence-corrected chi connectivity index (χ3v) is 8.56. The summed E-state index contributed by atoms with van der Waals surface area (Å²) in [5, 5.41) is 0. The molecule has 0 radical (unpaired) electrons. The van der Waals surface area contributed by atoms with Gasteiger partial charge >= 0.3 is 0 Å². The molecule has 1 heteroatoms. The van der Waals surface area contributed by atoms with Gasteiger partial charge in [0.25, 0.3) is 0 Å². The average molecular weight is 444 g/mol. The minimum Gasteiger partial charge on any atom is -0.371 e. The highest BCUT2D eigenvalue weighted by atomic mass is 15.1. The smallest absolute Gasteiger partial charge is 0.0366 e. The fraction of sp³-hybridized carbons (Fsp3) is 0.562. The molecule has 1 aliphatic carbocycles. The van der Waals surface area contributed by atoms with Crippen LogP contribution in [0, 0.1) is 11.3 Å². The van der Waals surface area contributed by atoms with E-state index in [1.54, 1.807) is 11.1 Å². The maximum Gasteiger partial charge on any atom is 0.0366 e. The van der Waals surface area contributed by atoms with Crippen LogP contribution in [-0.4, -0.2) is 18.0 Å². The molecule has 0 aromatic heterocycles. The van der Waals surface area contributed by atoms with E-state index in [9.17, 15) is 0 Å². The van der Waals surface area contributed by atoms with Crippen molar-refractivity contribution >= 4 is 5.70 Å². The second kappa shape index (κ2) is 8.97. The van der Waals surface area contributed by atoms with Crippen LogP contribution in [0.2, 0.25) is 0 Å². The summed E-state index contributed by atoms with van der Waals surface area (Å²) in [7, 11) is 0. The van der Waals surface area contributed by atoms with Crippen LogP contribution in [-0.2, 0) is 17.3 Å². The van der Waals surface area contributed by atoms with Gasteiger partial charge in [-0.15, -0.1) is 0 Å². The predicted molar refractivity (Wildman–Crippen MR) is 144 cm³/mol. The van der Waals surface area contributed by atoms with Gasteiger partial charge in [0.2, 0.25) is 0 Å². The van der Waals surface area contributed by atoms with Crippen LogP contribution in [0.1, 0.15) is 95.9 Å². The summed E-state index contributed by atoms with van der Waals surface area (Å²) >= 11 is 0. The van der Waals surface area contributed by atoms with Gasteiger partial charge in [0.1, 0.15) is 0 Å². The first-order valence-corrected chi connectivity index (χ1v) is 13.1. The van der Waals surface area contributed by atoms with Crippen molar-refractivity contribution in [1.29, 1.82) is 0 Å². The lowest BCUT2D eigenvalue weighted by atomic mass is 9.56. The molecule has 178 valence electrons. The molecule has 1 unspecified atom stereocenters. The highest BCUT2D eigenvalue weighted by molar-refractivity contribution is 5.62.